The van der Waals surface area contributed by atoms with Crippen LogP contribution in [0.2, 0.25) is 0 Å². The summed E-state index contributed by atoms with van der Waals surface area (Å²) in [4.78, 5) is 0. The predicted octanol–water partition coefficient (Wildman–Crippen LogP) is 2.16. The fraction of sp³-hybridized carbons (Fsp3) is 1.00. The maximum absolute atomic E-state index is 5.75. The number of nitrogens with two attached hydrogens (primary N) is 1. The lowest BCUT2D eigenvalue weighted by molar-refractivity contribution is 0.0668. The van der Waals surface area contributed by atoms with E-state index in [-0.39, 0.29) is 0 Å². The van der Waals surface area contributed by atoms with Gasteiger partial charge in [0.05, 0.1) is 0 Å². The fourth-order valence-corrected chi connectivity index (χ4v) is 1.96. The SMILES string of the molecule is CCC(C)C1(CN)CCC1. The fourth-order valence-electron chi connectivity index (χ4n) is 1.96. The summed E-state index contributed by atoms with van der Waals surface area (Å²) >= 11 is 0. The van der Waals surface area contributed by atoms with Crippen LogP contribution in [-0.2, 0) is 0 Å². The van der Waals surface area contributed by atoms with E-state index in [1.807, 2.05) is 0 Å². The van der Waals surface area contributed by atoms with Crippen LogP contribution >= 0.6 is 0 Å². The van der Waals surface area contributed by atoms with Crippen molar-refractivity contribution < 1.29 is 0 Å². The number of hydrogen-bond donors (Lipinski definition) is 1. The molecule has 1 rings (SSSR count). The Hall–Kier alpha value is -0.0400. The Morgan fingerprint density at radius 1 is 1.50 bits per heavy atom. The van der Waals surface area contributed by atoms with E-state index in [0.717, 1.165) is 12.5 Å². The van der Waals surface area contributed by atoms with Crippen molar-refractivity contribution in [2.24, 2.45) is 17.1 Å². The van der Waals surface area contributed by atoms with E-state index in [9.17, 15) is 0 Å². The van der Waals surface area contributed by atoms with Gasteiger partial charge in [0.2, 0.25) is 0 Å². The van der Waals surface area contributed by atoms with Gasteiger partial charge in [-0.15, -0.1) is 0 Å². The molecule has 0 aromatic rings. The van der Waals surface area contributed by atoms with Crippen molar-refractivity contribution in [1.29, 1.82) is 0 Å². The predicted molar refractivity (Wildman–Crippen MR) is 44.8 cm³/mol. The van der Waals surface area contributed by atoms with Gasteiger partial charge >= 0.3 is 0 Å². The average molecular weight is 141 g/mol. The maximum atomic E-state index is 5.75. The molecule has 0 aromatic heterocycles. The molecule has 1 aliphatic rings. The van der Waals surface area contributed by atoms with Crippen molar-refractivity contribution in [3.63, 3.8) is 0 Å². The molecule has 0 amide bonds. The quantitative estimate of drug-likeness (QED) is 0.640. The van der Waals surface area contributed by atoms with Crippen LogP contribution in [0.5, 0.6) is 0 Å². The standard InChI is InChI=1S/C9H19N/c1-3-8(2)9(7-10)5-4-6-9/h8H,3-7,10H2,1-2H3. The molecule has 0 aliphatic heterocycles. The Labute approximate surface area is 64.0 Å². The van der Waals surface area contributed by atoms with Crippen LogP contribution in [-0.4, -0.2) is 6.54 Å². The van der Waals surface area contributed by atoms with Gasteiger partial charge < -0.3 is 5.73 Å². The van der Waals surface area contributed by atoms with E-state index in [2.05, 4.69) is 13.8 Å². The molecule has 60 valence electrons. The molecule has 0 radical (unpaired) electrons. The molecule has 1 fully saturated rings. The highest BCUT2D eigenvalue weighted by molar-refractivity contribution is 4.91. The molecular weight excluding hydrogens is 122 g/mol. The Morgan fingerprint density at radius 3 is 2.20 bits per heavy atom. The van der Waals surface area contributed by atoms with Gasteiger partial charge in [-0.2, -0.15) is 0 Å². The minimum absolute atomic E-state index is 0.550. The third kappa shape index (κ3) is 1.07. The van der Waals surface area contributed by atoms with Gasteiger partial charge in [-0.25, -0.2) is 0 Å². The van der Waals surface area contributed by atoms with Crippen LogP contribution in [0.4, 0.5) is 0 Å². The molecule has 1 heteroatoms. The molecule has 10 heavy (non-hydrogen) atoms. The van der Waals surface area contributed by atoms with Gasteiger partial charge in [0.25, 0.3) is 0 Å². The van der Waals surface area contributed by atoms with Gasteiger partial charge in [0, 0.05) is 0 Å². The molecule has 0 heterocycles. The van der Waals surface area contributed by atoms with Gasteiger partial charge in [-0.3, -0.25) is 0 Å². The lowest BCUT2D eigenvalue weighted by Gasteiger charge is -2.45. The van der Waals surface area contributed by atoms with Crippen LogP contribution < -0.4 is 5.73 Å². The van der Waals surface area contributed by atoms with Gasteiger partial charge in [0.15, 0.2) is 0 Å². The summed E-state index contributed by atoms with van der Waals surface area (Å²) < 4.78 is 0. The lowest BCUT2D eigenvalue weighted by Crippen LogP contribution is -2.42. The molecule has 1 aliphatic carbocycles. The molecule has 0 bridgehead atoms. The van der Waals surface area contributed by atoms with E-state index in [0.29, 0.717) is 5.41 Å². The molecule has 1 nitrogen and oxygen atoms in total. The molecule has 1 unspecified atom stereocenters. The largest absolute Gasteiger partial charge is 0.330 e. The Kier molecular flexibility index (Phi) is 2.35. The molecule has 1 saturated carbocycles. The highest BCUT2D eigenvalue weighted by Gasteiger charge is 2.39. The Balaban J connectivity index is 2.46. The molecule has 0 spiro atoms. The third-order valence-electron chi connectivity index (χ3n) is 3.41. The summed E-state index contributed by atoms with van der Waals surface area (Å²) in [7, 11) is 0. The van der Waals surface area contributed by atoms with E-state index in [1.165, 1.54) is 25.7 Å². The first-order chi connectivity index (χ1) is 4.75. The molecule has 1 atom stereocenters. The van der Waals surface area contributed by atoms with E-state index in [4.69, 9.17) is 5.73 Å². The lowest BCUT2D eigenvalue weighted by atomic mass is 9.61. The normalized spacial score (nSPS) is 25.5. The van der Waals surface area contributed by atoms with Crippen LogP contribution in [0, 0.1) is 11.3 Å². The van der Waals surface area contributed by atoms with Crippen LogP contribution in [0.1, 0.15) is 39.5 Å². The highest BCUT2D eigenvalue weighted by atomic mass is 14.6. The second kappa shape index (κ2) is 2.91. The minimum Gasteiger partial charge on any atom is -0.330 e. The summed E-state index contributed by atoms with van der Waals surface area (Å²) in [5.74, 6) is 0.839. The van der Waals surface area contributed by atoms with Crippen LogP contribution in [0.3, 0.4) is 0 Å². The number of hydrogen-bond acceptors (Lipinski definition) is 1. The highest BCUT2D eigenvalue weighted by Crippen LogP contribution is 2.47. The molecule has 2 N–H and O–H groups in total. The molecule has 0 saturated heterocycles. The maximum Gasteiger partial charge on any atom is -0.00180 e. The van der Waals surface area contributed by atoms with Crippen molar-refractivity contribution in [2.45, 2.75) is 39.5 Å². The minimum atomic E-state index is 0.550. The zero-order valence-electron chi connectivity index (χ0n) is 7.19. The Morgan fingerprint density at radius 2 is 2.10 bits per heavy atom. The summed E-state index contributed by atoms with van der Waals surface area (Å²) in [5.41, 5.74) is 6.30. The zero-order valence-corrected chi connectivity index (χ0v) is 7.19. The van der Waals surface area contributed by atoms with E-state index >= 15 is 0 Å². The summed E-state index contributed by atoms with van der Waals surface area (Å²) in [6.07, 6.45) is 5.44. The van der Waals surface area contributed by atoms with Crippen molar-refractivity contribution in [2.75, 3.05) is 6.54 Å². The topological polar surface area (TPSA) is 26.0 Å². The van der Waals surface area contributed by atoms with Crippen LogP contribution in [0.25, 0.3) is 0 Å². The average Bonchev–Trinajstić information content (AvgIpc) is 1.86. The van der Waals surface area contributed by atoms with Crippen molar-refractivity contribution in [1.82, 2.24) is 0 Å². The van der Waals surface area contributed by atoms with Crippen LogP contribution in [0.15, 0.2) is 0 Å². The monoisotopic (exact) mass is 141 g/mol. The van der Waals surface area contributed by atoms with Gasteiger partial charge in [-0.05, 0) is 30.7 Å². The first kappa shape index (κ1) is 8.06. The first-order valence-electron chi connectivity index (χ1n) is 4.45. The van der Waals surface area contributed by atoms with E-state index in [1.54, 1.807) is 0 Å². The smallest absolute Gasteiger partial charge is 0.00180 e. The van der Waals surface area contributed by atoms with Crippen molar-refractivity contribution in [3.8, 4) is 0 Å². The first-order valence-corrected chi connectivity index (χ1v) is 4.45. The summed E-state index contributed by atoms with van der Waals surface area (Å²) in [6, 6.07) is 0. The molecule has 0 aromatic carbocycles. The van der Waals surface area contributed by atoms with Gasteiger partial charge in [-0.1, -0.05) is 26.7 Å². The second-order valence-electron chi connectivity index (χ2n) is 3.73. The Bertz CT molecular complexity index is 99.8. The second-order valence-corrected chi connectivity index (χ2v) is 3.73. The number of rotatable bonds is 3. The summed E-state index contributed by atoms with van der Waals surface area (Å²) in [6.45, 7) is 5.51. The summed E-state index contributed by atoms with van der Waals surface area (Å²) in [5, 5.41) is 0. The van der Waals surface area contributed by atoms with Crippen molar-refractivity contribution >= 4 is 0 Å². The van der Waals surface area contributed by atoms with E-state index < -0.39 is 0 Å². The third-order valence-corrected chi connectivity index (χ3v) is 3.41. The molecular formula is C9H19N. The van der Waals surface area contributed by atoms with Crippen molar-refractivity contribution in [3.05, 3.63) is 0 Å². The zero-order chi connectivity index (χ0) is 7.61. The van der Waals surface area contributed by atoms with Gasteiger partial charge in [0.1, 0.15) is 0 Å².